The van der Waals surface area contributed by atoms with E-state index in [0.717, 1.165) is 16.9 Å². The van der Waals surface area contributed by atoms with Crippen LogP contribution in [-0.4, -0.2) is 13.2 Å². The molecule has 0 aliphatic rings. The second-order valence-corrected chi connectivity index (χ2v) is 7.32. The van der Waals surface area contributed by atoms with E-state index in [2.05, 4.69) is 0 Å². The fourth-order valence-electron chi connectivity index (χ4n) is 3.25. The second kappa shape index (κ2) is 8.87. The largest absolute Gasteiger partial charge is 0.493 e. The maximum Gasteiger partial charge on any atom is 0.235 e. The number of rotatable bonds is 7. The normalized spacial score (nSPS) is 10.9. The molecule has 0 saturated carbocycles. The Morgan fingerprint density at radius 1 is 0.800 bits per heavy atom. The van der Waals surface area contributed by atoms with Crippen LogP contribution in [-0.2, 0) is 0 Å². The Labute approximate surface area is 175 Å². The van der Waals surface area contributed by atoms with Gasteiger partial charge in [0.25, 0.3) is 0 Å². The van der Waals surface area contributed by atoms with Crippen LogP contribution in [0.5, 0.6) is 11.5 Å². The summed E-state index contributed by atoms with van der Waals surface area (Å²) in [4.78, 5) is 13.1. The molecule has 0 aliphatic heterocycles. The molecule has 0 aliphatic carbocycles. The van der Waals surface area contributed by atoms with Gasteiger partial charge in [-0.25, -0.2) is 0 Å². The topological polar surface area (TPSA) is 48.7 Å². The first-order valence-electron chi connectivity index (χ1n) is 10.1. The van der Waals surface area contributed by atoms with Gasteiger partial charge in [0.2, 0.25) is 11.2 Å². The Kier molecular flexibility index (Phi) is 5.84. The highest BCUT2D eigenvalue weighted by Gasteiger charge is 2.17. The molecule has 4 aromatic rings. The molecule has 4 nitrogen and oxygen atoms in total. The lowest BCUT2D eigenvalue weighted by atomic mass is 10.1. The van der Waals surface area contributed by atoms with E-state index in [-0.39, 0.29) is 11.2 Å². The molecular formula is C26H24O4. The van der Waals surface area contributed by atoms with Gasteiger partial charge < -0.3 is 13.9 Å². The van der Waals surface area contributed by atoms with Crippen molar-refractivity contribution in [2.24, 2.45) is 0 Å². The minimum atomic E-state index is -0.158. The van der Waals surface area contributed by atoms with E-state index in [4.69, 9.17) is 13.9 Å². The zero-order valence-electron chi connectivity index (χ0n) is 17.2. The lowest BCUT2D eigenvalue weighted by Gasteiger charge is -2.12. The third kappa shape index (κ3) is 4.38. The van der Waals surface area contributed by atoms with E-state index < -0.39 is 0 Å². The van der Waals surface area contributed by atoms with Crippen LogP contribution in [0.25, 0.3) is 22.3 Å². The summed E-state index contributed by atoms with van der Waals surface area (Å²) in [5.41, 5.74) is 3.44. The number of aryl methyl sites for hydroxylation is 2. The predicted molar refractivity (Wildman–Crippen MR) is 119 cm³/mol. The first kappa shape index (κ1) is 19.8. The summed E-state index contributed by atoms with van der Waals surface area (Å²) >= 11 is 0. The molecule has 0 N–H and O–H groups in total. The zero-order chi connectivity index (χ0) is 20.9. The van der Waals surface area contributed by atoms with Crippen molar-refractivity contribution in [1.82, 2.24) is 0 Å². The third-order valence-electron chi connectivity index (χ3n) is 4.87. The van der Waals surface area contributed by atoms with Gasteiger partial charge in [0, 0.05) is 12.0 Å². The molecule has 4 heteroatoms. The molecule has 0 bridgehead atoms. The maximum absolute atomic E-state index is 13.1. The summed E-state index contributed by atoms with van der Waals surface area (Å²) in [6, 6.07) is 23.1. The number of hydrogen-bond donors (Lipinski definition) is 0. The molecule has 30 heavy (non-hydrogen) atoms. The maximum atomic E-state index is 13.1. The Morgan fingerprint density at radius 3 is 2.27 bits per heavy atom. The molecule has 0 spiro atoms. The lowest BCUT2D eigenvalue weighted by Crippen LogP contribution is -2.13. The monoisotopic (exact) mass is 400 g/mol. The molecule has 1 heterocycles. The molecule has 4 rings (SSSR count). The molecule has 0 fully saturated rings. The molecule has 0 atom stereocenters. The molecule has 0 saturated heterocycles. The average Bonchev–Trinajstić information content (AvgIpc) is 2.76. The summed E-state index contributed by atoms with van der Waals surface area (Å²) in [6.07, 6.45) is 0.646. The van der Waals surface area contributed by atoms with E-state index in [9.17, 15) is 4.79 Å². The number of fused-ring (bicyclic) bond motifs is 1. The lowest BCUT2D eigenvalue weighted by molar-refractivity contribution is 0.244. The molecule has 1 aromatic heterocycles. The Hall–Kier alpha value is -3.53. The van der Waals surface area contributed by atoms with Crippen LogP contribution in [0.2, 0.25) is 0 Å². The molecule has 0 unspecified atom stereocenters. The van der Waals surface area contributed by atoms with Crippen LogP contribution in [0.4, 0.5) is 0 Å². The minimum Gasteiger partial charge on any atom is -0.493 e. The SMILES string of the molecule is Cc1ccc(OCCCOc2c(-c3ccccc3)oc3cc(C)ccc3c2=O)cc1. The van der Waals surface area contributed by atoms with Crippen molar-refractivity contribution in [3.63, 3.8) is 0 Å². The van der Waals surface area contributed by atoms with E-state index in [1.54, 1.807) is 6.07 Å². The van der Waals surface area contributed by atoms with Crippen LogP contribution in [0.1, 0.15) is 17.5 Å². The smallest absolute Gasteiger partial charge is 0.235 e. The van der Waals surface area contributed by atoms with E-state index in [1.165, 1.54) is 5.56 Å². The van der Waals surface area contributed by atoms with Gasteiger partial charge in [0.1, 0.15) is 11.3 Å². The van der Waals surface area contributed by atoms with E-state index in [0.29, 0.717) is 36.4 Å². The molecule has 0 radical (unpaired) electrons. The molecule has 3 aromatic carbocycles. The minimum absolute atomic E-state index is 0.158. The van der Waals surface area contributed by atoms with Gasteiger partial charge in [-0.3, -0.25) is 4.79 Å². The summed E-state index contributed by atoms with van der Waals surface area (Å²) < 4.78 is 17.8. The molecule has 152 valence electrons. The summed E-state index contributed by atoms with van der Waals surface area (Å²) in [7, 11) is 0. The van der Waals surface area contributed by atoms with Crippen molar-refractivity contribution < 1.29 is 13.9 Å². The van der Waals surface area contributed by atoms with Gasteiger partial charge in [-0.1, -0.05) is 54.1 Å². The number of ether oxygens (including phenoxy) is 2. The van der Waals surface area contributed by atoms with Crippen molar-refractivity contribution in [3.05, 3.63) is 94.1 Å². The quantitative estimate of drug-likeness (QED) is 0.361. The Morgan fingerprint density at radius 2 is 1.50 bits per heavy atom. The predicted octanol–water partition coefficient (Wildman–Crippen LogP) is 5.92. The highest BCUT2D eigenvalue weighted by molar-refractivity contribution is 5.82. The van der Waals surface area contributed by atoms with Crippen LogP contribution >= 0.6 is 0 Å². The third-order valence-corrected chi connectivity index (χ3v) is 4.87. The number of hydrogen-bond acceptors (Lipinski definition) is 4. The van der Waals surface area contributed by atoms with E-state index >= 15 is 0 Å². The van der Waals surface area contributed by atoms with Gasteiger partial charge in [0.05, 0.1) is 18.6 Å². The Bertz CT molecular complexity index is 1190. The van der Waals surface area contributed by atoms with Crippen LogP contribution in [0.15, 0.2) is 82.0 Å². The van der Waals surface area contributed by atoms with Gasteiger partial charge in [-0.2, -0.15) is 0 Å². The van der Waals surface area contributed by atoms with Crippen LogP contribution < -0.4 is 14.9 Å². The van der Waals surface area contributed by atoms with Crippen LogP contribution in [0.3, 0.4) is 0 Å². The molecular weight excluding hydrogens is 376 g/mol. The van der Waals surface area contributed by atoms with Crippen molar-refractivity contribution in [2.75, 3.05) is 13.2 Å². The average molecular weight is 400 g/mol. The summed E-state index contributed by atoms with van der Waals surface area (Å²) in [6.45, 7) is 4.87. The highest BCUT2D eigenvalue weighted by atomic mass is 16.5. The van der Waals surface area contributed by atoms with Crippen LogP contribution in [0, 0.1) is 13.8 Å². The standard InChI is InChI=1S/C26H24O4/c1-18-9-12-21(13-10-18)28-15-6-16-29-26-24(27)22-14-11-19(2)17-23(22)30-25(26)20-7-4-3-5-8-20/h3-5,7-14,17H,6,15-16H2,1-2H3. The second-order valence-electron chi connectivity index (χ2n) is 7.32. The van der Waals surface area contributed by atoms with Crippen molar-refractivity contribution in [2.45, 2.75) is 20.3 Å². The van der Waals surface area contributed by atoms with E-state index in [1.807, 2.05) is 80.6 Å². The van der Waals surface area contributed by atoms with Gasteiger partial charge >= 0.3 is 0 Å². The first-order valence-corrected chi connectivity index (χ1v) is 10.1. The molecule has 0 amide bonds. The first-order chi connectivity index (χ1) is 14.6. The van der Waals surface area contributed by atoms with Gasteiger partial charge in [-0.15, -0.1) is 0 Å². The number of benzene rings is 3. The highest BCUT2D eigenvalue weighted by Crippen LogP contribution is 2.31. The van der Waals surface area contributed by atoms with Crippen molar-refractivity contribution in [3.8, 4) is 22.8 Å². The van der Waals surface area contributed by atoms with Gasteiger partial charge in [0.15, 0.2) is 5.76 Å². The fraction of sp³-hybridized carbons (Fsp3) is 0.192. The zero-order valence-corrected chi connectivity index (χ0v) is 17.2. The summed E-state index contributed by atoms with van der Waals surface area (Å²) in [5.74, 6) is 1.53. The van der Waals surface area contributed by atoms with Gasteiger partial charge in [-0.05, 0) is 43.7 Å². The van der Waals surface area contributed by atoms with Crippen molar-refractivity contribution >= 4 is 11.0 Å². The fourth-order valence-corrected chi connectivity index (χ4v) is 3.25. The Balaban J connectivity index is 1.54. The van der Waals surface area contributed by atoms with Crippen molar-refractivity contribution in [1.29, 1.82) is 0 Å². The summed E-state index contributed by atoms with van der Waals surface area (Å²) in [5, 5.41) is 0.520.